The van der Waals surface area contributed by atoms with E-state index in [-0.39, 0.29) is 33.0 Å². The van der Waals surface area contributed by atoms with E-state index < -0.39 is 44.6 Å². The minimum Gasteiger partial charge on any atom is -0.265 e. The number of rotatable bonds is 4. The minimum absolute atomic E-state index is 0.0307. The maximum absolute atomic E-state index is 13.5. The quantitative estimate of drug-likeness (QED) is 0.597. The topological polar surface area (TPSA) is 122 Å². The van der Waals surface area contributed by atoms with Crippen LogP contribution in [0, 0.1) is 22.7 Å². The smallest absolute Gasteiger partial charge is 0.265 e. The molecule has 1 aliphatic rings. The van der Waals surface area contributed by atoms with Crippen LogP contribution in [0.15, 0.2) is 58.6 Å². The molecule has 2 atom stereocenters. The highest BCUT2D eigenvalue weighted by Crippen LogP contribution is 2.43. The maximum Gasteiger partial charge on any atom is 0.416 e. The Morgan fingerprint density at radius 1 is 1.09 bits per heavy atom. The van der Waals surface area contributed by atoms with Crippen LogP contribution in [0.4, 0.5) is 23.7 Å². The molecule has 0 radical (unpaired) electrons. The van der Waals surface area contributed by atoms with E-state index in [1.54, 1.807) is 0 Å². The maximum atomic E-state index is 13.5. The Morgan fingerprint density at radius 3 is 2.26 bits per heavy atom. The first kappa shape index (κ1) is 25.9. The van der Waals surface area contributed by atoms with Gasteiger partial charge < -0.3 is 0 Å². The summed E-state index contributed by atoms with van der Waals surface area (Å²) in [5.41, 5.74) is -1.57. The van der Waals surface area contributed by atoms with Crippen molar-refractivity contribution in [3.05, 3.63) is 70.4 Å². The lowest BCUT2D eigenvalue weighted by atomic mass is 9.94. The Balaban J connectivity index is 2.37. The molecule has 0 fully saturated rings. The highest BCUT2D eigenvalue weighted by atomic mass is 32.2. The summed E-state index contributed by atoms with van der Waals surface area (Å²) >= 11 is 0. The fourth-order valence-electron chi connectivity index (χ4n) is 3.75. The number of nitriles is 2. The third-order valence-electron chi connectivity index (χ3n) is 5.27. The number of allylic oxidation sites excluding steroid dienone is 1. The molecule has 0 spiro atoms. The molecule has 2 aromatic rings. The molecule has 0 unspecified atom stereocenters. The summed E-state index contributed by atoms with van der Waals surface area (Å²) < 4.78 is 78.2. The molecular formula is C22H17F3N4O4S2. The van der Waals surface area contributed by atoms with Crippen LogP contribution in [-0.2, 0) is 27.0 Å². The van der Waals surface area contributed by atoms with Gasteiger partial charge in [0.1, 0.15) is 6.04 Å². The van der Waals surface area contributed by atoms with Gasteiger partial charge in [-0.15, -0.1) is 0 Å². The number of carbonyl (C=O) groups excluding carboxylic acids is 1. The lowest BCUT2D eigenvalue weighted by Gasteiger charge is -2.40. The third kappa shape index (κ3) is 4.78. The summed E-state index contributed by atoms with van der Waals surface area (Å²) in [5, 5.41) is 19.2. The van der Waals surface area contributed by atoms with E-state index in [0.29, 0.717) is 16.6 Å². The first-order valence-electron chi connectivity index (χ1n) is 9.71. The molecule has 0 saturated carbocycles. The molecule has 3 rings (SSSR count). The summed E-state index contributed by atoms with van der Waals surface area (Å²) in [6, 6.07) is 8.55. The predicted molar refractivity (Wildman–Crippen MR) is 121 cm³/mol. The van der Waals surface area contributed by atoms with Crippen molar-refractivity contribution >= 4 is 32.5 Å². The Kier molecular flexibility index (Phi) is 6.79. The van der Waals surface area contributed by atoms with E-state index in [9.17, 15) is 41.1 Å². The van der Waals surface area contributed by atoms with E-state index in [1.807, 2.05) is 12.1 Å². The van der Waals surface area contributed by atoms with Gasteiger partial charge in [-0.2, -0.15) is 23.7 Å². The van der Waals surface area contributed by atoms with E-state index >= 15 is 0 Å². The van der Waals surface area contributed by atoms with E-state index in [1.165, 1.54) is 37.4 Å². The van der Waals surface area contributed by atoms with Crippen molar-refractivity contribution in [1.82, 2.24) is 4.31 Å². The third-order valence-corrected chi connectivity index (χ3v) is 7.32. The Bertz CT molecular complexity index is 1470. The molecule has 0 aliphatic carbocycles. The fraction of sp³-hybridized carbons (Fsp3) is 0.227. The van der Waals surface area contributed by atoms with Gasteiger partial charge in [0.25, 0.3) is 0 Å². The summed E-state index contributed by atoms with van der Waals surface area (Å²) in [5.74, 6) is 0. The monoisotopic (exact) mass is 522 g/mol. The van der Waals surface area contributed by atoms with Gasteiger partial charge in [-0.1, -0.05) is 12.1 Å². The number of urea groups is 1. The number of hydrogen-bond acceptors (Lipinski definition) is 6. The Labute approximate surface area is 202 Å². The van der Waals surface area contributed by atoms with E-state index in [4.69, 9.17) is 0 Å². The van der Waals surface area contributed by atoms with Crippen molar-refractivity contribution in [2.24, 2.45) is 0 Å². The van der Waals surface area contributed by atoms with Gasteiger partial charge >= 0.3 is 12.2 Å². The number of anilines is 1. The van der Waals surface area contributed by atoms with Crippen LogP contribution < -0.4 is 4.90 Å². The normalized spacial score (nSPS) is 17.7. The van der Waals surface area contributed by atoms with Crippen molar-refractivity contribution in [3.63, 3.8) is 0 Å². The molecule has 1 aliphatic heterocycles. The second kappa shape index (κ2) is 9.17. The summed E-state index contributed by atoms with van der Waals surface area (Å²) in [6.45, 7) is 1.30. The van der Waals surface area contributed by atoms with Crippen molar-refractivity contribution in [3.8, 4) is 12.1 Å². The number of benzene rings is 2. The second-order valence-electron chi connectivity index (χ2n) is 7.56. The highest BCUT2D eigenvalue weighted by Gasteiger charge is 2.46. The number of amides is 2. The molecule has 0 aromatic heterocycles. The molecule has 2 amide bonds. The molecule has 1 heterocycles. The molecular weight excluding hydrogens is 505 g/mol. The van der Waals surface area contributed by atoms with Gasteiger partial charge in [-0.3, -0.25) is 9.11 Å². The van der Waals surface area contributed by atoms with Crippen molar-refractivity contribution < 1.29 is 30.6 Å². The zero-order valence-corrected chi connectivity index (χ0v) is 20.1. The van der Waals surface area contributed by atoms with E-state index in [0.717, 1.165) is 17.0 Å². The van der Waals surface area contributed by atoms with Crippen LogP contribution in [0.25, 0.3) is 0 Å². The first-order valence-corrected chi connectivity index (χ1v) is 13.1. The van der Waals surface area contributed by atoms with Crippen molar-refractivity contribution in [2.45, 2.75) is 24.0 Å². The molecule has 0 saturated heterocycles. The lowest BCUT2D eigenvalue weighted by molar-refractivity contribution is -0.137. The highest BCUT2D eigenvalue weighted by molar-refractivity contribution is 7.89. The Morgan fingerprint density at radius 2 is 1.74 bits per heavy atom. The van der Waals surface area contributed by atoms with Crippen molar-refractivity contribution in [2.75, 3.05) is 17.4 Å². The fourth-order valence-corrected chi connectivity index (χ4v) is 5.52. The molecule has 2 aromatic carbocycles. The molecule has 35 heavy (non-hydrogen) atoms. The summed E-state index contributed by atoms with van der Waals surface area (Å²) in [7, 11) is -6.15. The first-order chi connectivity index (χ1) is 16.2. The van der Waals surface area contributed by atoms with Crippen LogP contribution in [0.2, 0.25) is 0 Å². The minimum atomic E-state index is -4.73. The standard InChI is InChI=1S/C22H17F3N4O4S2/c1-13-18(12-27)20(17-8-7-14(11-26)9-19(17)34(2)31)29(35(3,32)33)21(30)28(13)16-6-4-5-15(10-16)22(23,24)25/h4-10,20H,1-3H3/t20-,34+/m1/s1. The molecule has 182 valence electrons. The van der Waals surface area contributed by atoms with Gasteiger partial charge in [0.05, 0.1) is 51.6 Å². The van der Waals surface area contributed by atoms with Gasteiger partial charge in [0.15, 0.2) is 0 Å². The molecule has 0 N–H and O–H groups in total. The van der Waals surface area contributed by atoms with Crippen LogP contribution in [-0.4, -0.2) is 35.5 Å². The molecule has 0 bridgehead atoms. The van der Waals surface area contributed by atoms with Gasteiger partial charge in [0.2, 0.25) is 10.0 Å². The van der Waals surface area contributed by atoms with Crippen LogP contribution in [0.5, 0.6) is 0 Å². The van der Waals surface area contributed by atoms with Crippen LogP contribution >= 0.6 is 0 Å². The number of alkyl halides is 3. The predicted octanol–water partition coefficient (Wildman–Crippen LogP) is 4.05. The molecule has 13 heteroatoms. The average Bonchev–Trinajstić information content (AvgIpc) is 2.77. The molecule has 8 nitrogen and oxygen atoms in total. The zero-order valence-electron chi connectivity index (χ0n) is 18.5. The largest absolute Gasteiger partial charge is 0.416 e. The number of halogens is 3. The number of nitrogens with zero attached hydrogens (tertiary/aromatic N) is 4. The average molecular weight is 523 g/mol. The number of hydrogen-bond donors (Lipinski definition) is 0. The van der Waals surface area contributed by atoms with Crippen LogP contribution in [0.3, 0.4) is 0 Å². The zero-order chi connectivity index (χ0) is 26.3. The van der Waals surface area contributed by atoms with Gasteiger partial charge in [-0.05, 0) is 42.8 Å². The summed E-state index contributed by atoms with van der Waals surface area (Å²) in [6.07, 6.45) is -2.73. The van der Waals surface area contributed by atoms with Gasteiger partial charge in [0, 0.05) is 16.8 Å². The number of carbonyl (C=O) groups is 1. The van der Waals surface area contributed by atoms with Crippen LogP contribution in [0.1, 0.15) is 29.7 Å². The Hall–Kier alpha value is -3.68. The van der Waals surface area contributed by atoms with Crippen molar-refractivity contribution in [1.29, 1.82) is 10.5 Å². The SMILES string of the molecule is CC1=C(C#N)[C@@H](c2ccc(C#N)cc2[S@](C)=O)N(S(C)(=O)=O)C(=O)N1c1cccc(C(F)(F)F)c1. The van der Waals surface area contributed by atoms with E-state index in [2.05, 4.69) is 0 Å². The lowest BCUT2D eigenvalue weighted by Crippen LogP contribution is -2.51. The summed E-state index contributed by atoms with van der Waals surface area (Å²) in [4.78, 5) is 14.3. The second-order valence-corrected chi connectivity index (χ2v) is 10.8. The number of sulfonamides is 1. The van der Waals surface area contributed by atoms with Gasteiger partial charge in [-0.25, -0.2) is 17.5 Å².